The summed E-state index contributed by atoms with van der Waals surface area (Å²) in [5.74, 6) is 0.0377. The standard InChI is InChI=1S/C32H36ClN7O4/c1-44-32(43)24-12-15-26(27(33)17-24)21-6-2-19(3-7-21)16-28(36-30(41)23-8-4-20(18-34)5-9-23)31(42)35-25-13-10-22(11-14-25)29-37-39-40-38-29/h2-3,6-7,10-15,17,20,23,28,39-40H,4-5,8-9,16,18,34H2,1H3,(H,35,42)(H,36,41)(H,37,38). The van der Waals surface area contributed by atoms with Crippen LogP contribution in [-0.4, -0.2) is 43.3 Å². The van der Waals surface area contributed by atoms with Crippen molar-refractivity contribution in [2.75, 3.05) is 19.0 Å². The summed E-state index contributed by atoms with van der Waals surface area (Å²) >= 11 is 6.47. The van der Waals surface area contributed by atoms with Gasteiger partial charge in [0.25, 0.3) is 0 Å². The molecule has 11 nitrogen and oxygen atoms in total. The van der Waals surface area contributed by atoms with Gasteiger partial charge in [-0.2, -0.15) is 0 Å². The summed E-state index contributed by atoms with van der Waals surface area (Å²) in [6, 6.07) is 19.1. The van der Waals surface area contributed by atoms with Crippen molar-refractivity contribution >= 4 is 40.9 Å². The van der Waals surface area contributed by atoms with Gasteiger partial charge in [-0.05, 0) is 85.7 Å². The van der Waals surface area contributed by atoms with E-state index < -0.39 is 12.0 Å². The fraction of sp³-hybridized carbons (Fsp3) is 0.312. The van der Waals surface area contributed by atoms with Crippen LogP contribution in [0.4, 0.5) is 5.69 Å². The molecule has 1 atom stereocenters. The van der Waals surface area contributed by atoms with Crippen LogP contribution in [0.25, 0.3) is 11.1 Å². The van der Waals surface area contributed by atoms with Crippen LogP contribution >= 0.6 is 11.6 Å². The molecule has 0 bridgehead atoms. The summed E-state index contributed by atoms with van der Waals surface area (Å²) in [4.78, 5) is 38.7. The molecular formula is C32H36ClN7O4. The largest absolute Gasteiger partial charge is 0.465 e. The van der Waals surface area contributed by atoms with E-state index in [-0.39, 0.29) is 17.7 Å². The van der Waals surface area contributed by atoms with Crippen LogP contribution in [0.5, 0.6) is 0 Å². The van der Waals surface area contributed by atoms with Gasteiger partial charge in [0.2, 0.25) is 11.8 Å². The van der Waals surface area contributed by atoms with Crippen LogP contribution in [0, 0.1) is 11.8 Å². The third-order valence-corrected chi connectivity index (χ3v) is 8.42. The summed E-state index contributed by atoms with van der Waals surface area (Å²) in [5, 5.41) is 10.5. The molecule has 1 heterocycles. The number of halogens is 1. The minimum Gasteiger partial charge on any atom is -0.465 e. The molecule has 1 aliphatic heterocycles. The lowest BCUT2D eigenvalue weighted by molar-refractivity contribution is -0.130. The number of esters is 1. The summed E-state index contributed by atoms with van der Waals surface area (Å²) in [6.45, 7) is 0.630. The zero-order valence-electron chi connectivity index (χ0n) is 24.4. The molecule has 1 fully saturated rings. The van der Waals surface area contributed by atoms with Crippen LogP contribution in [0.1, 0.15) is 47.2 Å². The highest BCUT2D eigenvalue weighted by Gasteiger charge is 2.29. The van der Waals surface area contributed by atoms with Gasteiger partial charge < -0.3 is 21.1 Å². The molecule has 0 spiro atoms. The minimum absolute atomic E-state index is 0.115. The number of hydrogen-bond donors (Lipinski definition) is 6. The van der Waals surface area contributed by atoms with E-state index in [9.17, 15) is 14.4 Å². The summed E-state index contributed by atoms with van der Waals surface area (Å²) in [5.41, 5.74) is 18.3. The van der Waals surface area contributed by atoms with E-state index >= 15 is 0 Å². The number of ether oxygens (including phenoxy) is 1. The number of rotatable bonds is 10. The van der Waals surface area contributed by atoms with E-state index in [0.29, 0.717) is 41.0 Å². The van der Waals surface area contributed by atoms with Crippen LogP contribution in [0.3, 0.4) is 0 Å². The molecule has 3 aromatic rings. The summed E-state index contributed by atoms with van der Waals surface area (Å²) in [6.07, 6.45) is 3.63. The number of hydrazine groups is 2. The highest BCUT2D eigenvalue weighted by Crippen LogP contribution is 2.30. The first-order valence-electron chi connectivity index (χ1n) is 14.6. The number of nitrogens with one attached hydrogen (secondary N) is 5. The van der Waals surface area contributed by atoms with E-state index in [2.05, 4.69) is 32.2 Å². The lowest BCUT2D eigenvalue weighted by Gasteiger charge is -2.28. The number of anilines is 1. The zero-order chi connectivity index (χ0) is 31.1. The number of amides is 2. The molecule has 5 rings (SSSR count). The Morgan fingerprint density at radius 3 is 2.32 bits per heavy atom. The molecule has 1 unspecified atom stereocenters. The van der Waals surface area contributed by atoms with Gasteiger partial charge in [0, 0.05) is 34.2 Å². The number of nitrogens with zero attached hydrogens (tertiary/aromatic N) is 1. The van der Waals surface area contributed by atoms with Gasteiger partial charge in [-0.25, -0.2) is 10.3 Å². The fourth-order valence-corrected chi connectivity index (χ4v) is 5.78. The maximum absolute atomic E-state index is 13.6. The first-order valence-corrected chi connectivity index (χ1v) is 14.9. The second kappa shape index (κ2) is 14.3. The van der Waals surface area contributed by atoms with Gasteiger partial charge in [-0.15, -0.1) is 10.6 Å². The van der Waals surface area contributed by atoms with Gasteiger partial charge in [0.15, 0.2) is 5.84 Å². The number of benzene rings is 3. The maximum atomic E-state index is 13.6. The molecule has 0 saturated heterocycles. The van der Waals surface area contributed by atoms with Crippen molar-refractivity contribution in [3.8, 4) is 11.1 Å². The Morgan fingerprint density at radius 2 is 1.70 bits per heavy atom. The smallest absolute Gasteiger partial charge is 0.337 e. The van der Waals surface area contributed by atoms with Crippen molar-refractivity contribution in [2.45, 2.75) is 38.1 Å². The maximum Gasteiger partial charge on any atom is 0.337 e. The molecule has 0 aromatic heterocycles. The van der Waals surface area contributed by atoms with Crippen LogP contribution < -0.4 is 32.9 Å². The van der Waals surface area contributed by atoms with E-state index in [1.807, 2.05) is 36.4 Å². The van der Waals surface area contributed by atoms with E-state index in [1.165, 1.54) is 7.11 Å². The Kier molecular flexibility index (Phi) is 10.1. The highest BCUT2D eigenvalue weighted by atomic mass is 35.5. The first kappa shape index (κ1) is 31.0. The van der Waals surface area contributed by atoms with Crippen molar-refractivity contribution in [3.05, 3.63) is 88.4 Å². The SMILES string of the molecule is COC(=O)c1ccc(-c2ccc(CC(NC(=O)C3CCC(CN)CC3)C(=O)Nc3ccc(C4=NNNN4)cc3)cc2)c(Cl)c1. The normalized spacial score (nSPS) is 18.3. The molecular weight excluding hydrogens is 582 g/mol. The molecule has 2 aliphatic rings. The first-order chi connectivity index (χ1) is 21.3. The van der Waals surface area contributed by atoms with Gasteiger partial charge in [-0.1, -0.05) is 41.9 Å². The van der Waals surface area contributed by atoms with Crippen molar-refractivity contribution in [2.24, 2.45) is 22.7 Å². The molecule has 1 aliphatic carbocycles. The van der Waals surface area contributed by atoms with Crippen LogP contribution in [0.2, 0.25) is 5.02 Å². The number of nitrogens with two attached hydrogens (primary N) is 1. The van der Waals surface area contributed by atoms with Crippen molar-refractivity contribution < 1.29 is 19.1 Å². The fourth-order valence-electron chi connectivity index (χ4n) is 5.49. The topological polar surface area (TPSA) is 159 Å². The molecule has 2 amide bonds. The molecule has 230 valence electrons. The zero-order valence-corrected chi connectivity index (χ0v) is 25.1. The average Bonchev–Trinajstić information content (AvgIpc) is 3.60. The van der Waals surface area contributed by atoms with Gasteiger partial charge in [0.05, 0.1) is 12.7 Å². The second-order valence-electron chi connectivity index (χ2n) is 11.0. The highest BCUT2D eigenvalue weighted by molar-refractivity contribution is 6.33. The third-order valence-electron chi connectivity index (χ3n) is 8.11. The monoisotopic (exact) mass is 617 g/mol. The van der Waals surface area contributed by atoms with E-state index in [1.54, 1.807) is 30.3 Å². The summed E-state index contributed by atoms with van der Waals surface area (Å²) < 4.78 is 4.77. The molecule has 12 heteroatoms. The molecule has 1 saturated carbocycles. The quantitative estimate of drug-likeness (QED) is 0.189. The Balaban J connectivity index is 1.30. The number of carbonyl (C=O) groups is 3. The van der Waals surface area contributed by atoms with Crippen molar-refractivity contribution in [1.82, 2.24) is 21.8 Å². The Labute approximate surface area is 260 Å². The van der Waals surface area contributed by atoms with Crippen molar-refractivity contribution in [3.63, 3.8) is 0 Å². The lowest BCUT2D eigenvalue weighted by atomic mass is 9.81. The van der Waals surface area contributed by atoms with E-state index in [0.717, 1.165) is 47.9 Å². The molecule has 0 radical (unpaired) electrons. The molecule has 7 N–H and O–H groups in total. The summed E-state index contributed by atoms with van der Waals surface area (Å²) in [7, 11) is 1.32. The van der Waals surface area contributed by atoms with Gasteiger partial charge in [-0.3, -0.25) is 15.0 Å². The van der Waals surface area contributed by atoms with Crippen LogP contribution in [0.15, 0.2) is 71.8 Å². The van der Waals surface area contributed by atoms with Crippen molar-refractivity contribution in [1.29, 1.82) is 0 Å². The van der Waals surface area contributed by atoms with Crippen LogP contribution in [-0.2, 0) is 20.7 Å². The Bertz CT molecular complexity index is 1520. The Hall–Kier alpha value is -4.45. The number of carbonyl (C=O) groups excluding carboxylic acids is 3. The van der Waals surface area contributed by atoms with Gasteiger partial charge >= 0.3 is 5.97 Å². The third kappa shape index (κ3) is 7.54. The number of hydrazone groups is 1. The number of hydrogen-bond acceptors (Lipinski definition) is 9. The number of amidine groups is 1. The molecule has 44 heavy (non-hydrogen) atoms. The average molecular weight is 618 g/mol. The van der Waals surface area contributed by atoms with Gasteiger partial charge in [0.1, 0.15) is 6.04 Å². The predicted octanol–water partition coefficient (Wildman–Crippen LogP) is 3.50. The Morgan fingerprint density at radius 1 is 1.00 bits per heavy atom. The second-order valence-corrected chi connectivity index (χ2v) is 11.4. The van der Waals surface area contributed by atoms with E-state index in [4.69, 9.17) is 22.1 Å². The molecule has 3 aromatic carbocycles. The minimum atomic E-state index is -0.794. The lowest BCUT2D eigenvalue weighted by Crippen LogP contribution is -2.48. The number of methoxy groups -OCH3 is 1. The predicted molar refractivity (Wildman–Crippen MR) is 169 cm³/mol.